The van der Waals surface area contributed by atoms with Gasteiger partial charge in [0.05, 0.1) is 12.2 Å². The van der Waals surface area contributed by atoms with Crippen molar-refractivity contribution in [3.05, 3.63) is 112 Å². The molecule has 4 aromatic rings. The molecule has 1 aromatic heterocycles. The number of benzene rings is 3. The standard InChI is InChI=1S/C30H28N2O4S/c1-2-35-30(34)27-25-16-17-32(19-21-10-5-3-6-11-21)20-26(25)37-29(27)31-28(33)22-12-9-15-24(18-22)36-23-13-7-4-8-14-23/h3-15,18H,2,16-17,19-20H2,1H3,(H,31,33). The maximum Gasteiger partial charge on any atom is 0.341 e. The Morgan fingerprint density at radius 1 is 0.946 bits per heavy atom. The number of anilines is 1. The third-order valence-electron chi connectivity index (χ3n) is 6.17. The minimum atomic E-state index is -0.395. The number of nitrogens with zero attached hydrogens (tertiary/aromatic N) is 1. The van der Waals surface area contributed by atoms with Gasteiger partial charge in [-0.2, -0.15) is 0 Å². The van der Waals surface area contributed by atoms with Gasteiger partial charge in [-0.05, 0) is 54.8 Å². The highest BCUT2D eigenvalue weighted by molar-refractivity contribution is 7.17. The molecule has 37 heavy (non-hydrogen) atoms. The van der Waals surface area contributed by atoms with Crippen LogP contribution in [-0.2, 0) is 24.2 Å². The van der Waals surface area contributed by atoms with Gasteiger partial charge in [0.2, 0.25) is 0 Å². The average Bonchev–Trinajstić information content (AvgIpc) is 3.27. The molecule has 5 rings (SSSR count). The van der Waals surface area contributed by atoms with E-state index in [1.165, 1.54) is 16.9 Å². The fourth-order valence-electron chi connectivity index (χ4n) is 4.44. The summed E-state index contributed by atoms with van der Waals surface area (Å²) in [6.07, 6.45) is 0.725. The molecule has 6 nitrogen and oxygen atoms in total. The lowest BCUT2D eigenvalue weighted by molar-refractivity contribution is 0.0526. The molecule has 1 N–H and O–H groups in total. The molecule has 3 aromatic carbocycles. The second kappa shape index (κ2) is 11.4. The van der Waals surface area contributed by atoms with Crippen LogP contribution < -0.4 is 10.1 Å². The van der Waals surface area contributed by atoms with Crippen molar-refractivity contribution < 1.29 is 19.1 Å². The maximum atomic E-state index is 13.2. The van der Waals surface area contributed by atoms with Crippen LogP contribution in [0.4, 0.5) is 5.00 Å². The molecule has 0 saturated heterocycles. The Balaban J connectivity index is 1.37. The van der Waals surface area contributed by atoms with Crippen molar-refractivity contribution in [2.45, 2.75) is 26.4 Å². The Kier molecular flexibility index (Phi) is 7.63. The molecule has 0 aliphatic carbocycles. The van der Waals surface area contributed by atoms with E-state index in [1.54, 1.807) is 31.2 Å². The first kappa shape index (κ1) is 24.7. The summed E-state index contributed by atoms with van der Waals surface area (Å²) in [5.41, 5.74) is 3.15. The Hall–Kier alpha value is -3.94. The van der Waals surface area contributed by atoms with Gasteiger partial charge >= 0.3 is 5.97 Å². The smallest absolute Gasteiger partial charge is 0.341 e. The molecule has 188 valence electrons. The van der Waals surface area contributed by atoms with Crippen LogP contribution in [0, 0.1) is 0 Å². The predicted octanol–water partition coefficient (Wildman–Crippen LogP) is 6.53. The number of amides is 1. The van der Waals surface area contributed by atoms with Gasteiger partial charge in [-0.25, -0.2) is 4.79 Å². The van der Waals surface area contributed by atoms with Crippen LogP contribution in [-0.4, -0.2) is 29.9 Å². The zero-order valence-corrected chi connectivity index (χ0v) is 21.4. The molecule has 0 saturated carbocycles. The molecule has 0 radical (unpaired) electrons. The van der Waals surface area contributed by atoms with E-state index in [1.807, 2.05) is 48.5 Å². The first-order valence-electron chi connectivity index (χ1n) is 12.3. The molecular formula is C30H28N2O4S. The number of nitrogens with one attached hydrogen (secondary N) is 1. The van der Waals surface area contributed by atoms with Gasteiger partial charge in [-0.1, -0.05) is 54.6 Å². The fraction of sp³-hybridized carbons (Fsp3) is 0.200. The number of thiophene rings is 1. The van der Waals surface area contributed by atoms with Crippen LogP contribution >= 0.6 is 11.3 Å². The predicted molar refractivity (Wildman–Crippen MR) is 145 cm³/mol. The van der Waals surface area contributed by atoms with Crippen molar-refractivity contribution in [3.63, 3.8) is 0 Å². The lowest BCUT2D eigenvalue weighted by Crippen LogP contribution is -2.29. The molecular weight excluding hydrogens is 484 g/mol. The van der Waals surface area contributed by atoms with Gasteiger partial charge in [0.1, 0.15) is 16.5 Å². The molecule has 0 spiro atoms. The Morgan fingerprint density at radius 3 is 2.43 bits per heavy atom. The van der Waals surface area contributed by atoms with E-state index < -0.39 is 5.97 Å². The zero-order valence-electron chi connectivity index (χ0n) is 20.6. The van der Waals surface area contributed by atoms with Crippen molar-refractivity contribution >= 4 is 28.2 Å². The van der Waals surface area contributed by atoms with E-state index >= 15 is 0 Å². The normalized spacial score (nSPS) is 13.0. The molecule has 0 fully saturated rings. The van der Waals surface area contributed by atoms with Gasteiger partial charge in [0.15, 0.2) is 0 Å². The maximum absolute atomic E-state index is 13.2. The highest BCUT2D eigenvalue weighted by atomic mass is 32.1. The summed E-state index contributed by atoms with van der Waals surface area (Å²) in [6.45, 7) is 4.45. The van der Waals surface area contributed by atoms with Crippen molar-refractivity contribution in [2.75, 3.05) is 18.5 Å². The molecule has 0 bridgehead atoms. The van der Waals surface area contributed by atoms with Crippen LogP contribution in [0.15, 0.2) is 84.9 Å². The lowest BCUT2D eigenvalue weighted by Gasteiger charge is -2.27. The number of para-hydroxylation sites is 1. The molecule has 7 heteroatoms. The SMILES string of the molecule is CCOC(=O)c1c(NC(=O)c2cccc(Oc3ccccc3)c2)sc2c1CCN(Cc1ccccc1)C2. The minimum Gasteiger partial charge on any atom is -0.462 e. The number of esters is 1. The van der Waals surface area contributed by atoms with Crippen molar-refractivity contribution in [2.24, 2.45) is 0 Å². The fourth-order valence-corrected chi connectivity index (χ4v) is 5.71. The number of hydrogen-bond acceptors (Lipinski definition) is 6. The third kappa shape index (κ3) is 5.90. The number of carbonyl (C=O) groups is 2. The van der Waals surface area contributed by atoms with E-state index in [0.717, 1.165) is 36.5 Å². The summed E-state index contributed by atoms with van der Waals surface area (Å²) in [4.78, 5) is 29.6. The number of rotatable bonds is 8. The molecule has 2 heterocycles. The zero-order chi connectivity index (χ0) is 25.6. The average molecular weight is 513 g/mol. The van der Waals surface area contributed by atoms with Crippen molar-refractivity contribution in [3.8, 4) is 11.5 Å². The van der Waals surface area contributed by atoms with Crippen LogP contribution in [0.5, 0.6) is 11.5 Å². The van der Waals surface area contributed by atoms with Crippen molar-refractivity contribution in [1.82, 2.24) is 4.90 Å². The van der Waals surface area contributed by atoms with E-state index in [4.69, 9.17) is 9.47 Å². The summed E-state index contributed by atoms with van der Waals surface area (Å²) in [5.74, 6) is 0.555. The second-order valence-corrected chi connectivity index (χ2v) is 9.88. The van der Waals surface area contributed by atoms with E-state index in [2.05, 4.69) is 22.3 Å². The number of carbonyl (C=O) groups excluding carboxylic acids is 2. The van der Waals surface area contributed by atoms with E-state index in [0.29, 0.717) is 27.6 Å². The second-order valence-electron chi connectivity index (χ2n) is 8.77. The van der Waals surface area contributed by atoms with Crippen LogP contribution in [0.2, 0.25) is 0 Å². The number of hydrogen-bond donors (Lipinski definition) is 1. The van der Waals surface area contributed by atoms with Gasteiger partial charge in [0, 0.05) is 30.1 Å². The lowest BCUT2D eigenvalue weighted by atomic mass is 10.0. The molecule has 0 atom stereocenters. The summed E-state index contributed by atoms with van der Waals surface area (Å²) in [5, 5.41) is 3.52. The van der Waals surface area contributed by atoms with Gasteiger partial charge in [-0.15, -0.1) is 11.3 Å². The summed E-state index contributed by atoms with van der Waals surface area (Å²) in [7, 11) is 0. The van der Waals surface area contributed by atoms with Crippen molar-refractivity contribution in [1.29, 1.82) is 0 Å². The minimum absolute atomic E-state index is 0.274. The number of fused-ring (bicyclic) bond motifs is 1. The Labute approximate surface area is 220 Å². The van der Waals surface area contributed by atoms with Gasteiger partial charge < -0.3 is 14.8 Å². The first-order valence-corrected chi connectivity index (χ1v) is 13.1. The first-order chi connectivity index (χ1) is 18.1. The highest BCUT2D eigenvalue weighted by Crippen LogP contribution is 2.38. The Bertz CT molecular complexity index is 1390. The van der Waals surface area contributed by atoms with Gasteiger partial charge in [-0.3, -0.25) is 9.69 Å². The van der Waals surface area contributed by atoms with E-state index in [-0.39, 0.29) is 12.5 Å². The highest BCUT2D eigenvalue weighted by Gasteiger charge is 2.29. The Morgan fingerprint density at radius 2 is 1.68 bits per heavy atom. The molecule has 0 unspecified atom stereocenters. The topological polar surface area (TPSA) is 67.9 Å². The third-order valence-corrected chi connectivity index (χ3v) is 7.30. The van der Waals surface area contributed by atoms with Gasteiger partial charge in [0.25, 0.3) is 5.91 Å². The van der Waals surface area contributed by atoms with E-state index in [9.17, 15) is 9.59 Å². The van der Waals surface area contributed by atoms with Crippen LogP contribution in [0.25, 0.3) is 0 Å². The molecule has 1 aliphatic rings. The molecule has 1 aliphatic heterocycles. The monoisotopic (exact) mass is 512 g/mol. The number of ether oxygens (including phenoxy) is 2. The largest absolute Gasteiger partial charge is 0.462 e. The quantitative estimate of drug-likeness (QED) is 0.272. The van der Waals surface area contributed by atoms with Crippen LogP contribution in [0.3, 0.4) is 0 Å². The van der Waals surface area contributed by atoms with Crippen LogP contribution in [0.1, 0.15) is 43.6 Å². The molecule has 1 amide bonds. The summed E-state index contributed by atoms with van der Waals surface area (Å²) in [6, 6.07) is 26.8. The summed E-state index contributed by atoms with van der Waals surface area (Å²) < 4.78 is 11.3. The summed E-state index contributed by atoms with van der Waals surface area (Å²) >= 11 is 1.45.